The van der Waals surface area contributed by atoms with E-state index in [2.05, 4.69) is 0 Å². The summed E-state index contributed by atoms with van der Waals surface area (Å²) in [7, 11) is 1.56. The van der Waals surface area contributed by atoms with Gasteiger partial charge in [-0.05, 0) is 49.6 Å². The van der Waals surface area contributed by atoms with E-state index in [9.17, 15) is 14.7 Å². The SMILES string of the molecule is COc1ccc(C(O)=C2C(=O)C(=O)N(C[C@H]3CCCO3)[C@H]2c2ccc(C)cc2)cc1. The predicted molar refractivity (Wildman–Crippen MR) is 112 cm³/mol. The fourth-order valence-corrected chi connectivity index (χ4v) is 4.08. The summed E-state index contributed by atoms with van der Waals surface area (Å²) in [6, 6.07) is 13.8. The maximum Gasteiger partial charge on any atom is 0.295 e. The maximum absolute atomic E-state index is 13.0. The first-order chi connectivity index (χ1) is 14.5. The van der Waals surface area contributed by atoms with Crippen LogP contribution in [-0.2, 0) is 14.3 Å². The first kappa shape index (κ1) is 20.2. The third-order valence-corrected chi connectivity index (χ3v) is 5.72. The average Bonchev–Trinajstić information content (AvgIpc) is 3.36. The number of benzene rings is 2. The number of nitrogens with zero attached hydrogens (tertiary/aromatic N) is 1. The molecule has 0 bridgehead atoms. The Kier molecular flexibility index (Phi) is 5.59. The van der Waals surface area contributed by atoms with E-state index in [1.165, 1.54) is 4.90 Å². The molecule has 1 N–H and O–H groups in total. The normalized spacial score (nSPS) is 23.2. The molecule has 156 valence electrons. The van der Waals surface area contributed by atoms with Gasteiger partial charge in [-0.1, -0.05) is 29.8 Å². The number of likely N-dealkylation sites (tertiary alicyclic amines) is 1. The quantitative estimate of drug-likeness (QED) is 0.466. The van der Waals surface area contributed by atoms with Crippen molar-refractivity contribution >= 4 is 17.4 Å². The summed E-state index contributed by atoms with van der Waals surface area (Å²) in [6.45, 7) is 2.96. The number of aryl methyl sites for hydroxylation is 1. The zero-order valence-corrected chi connectivity index (χ0v) is 17.1. The molecule has 2 aliphatic rings. The topological polar surface area (TPSA) is 76.1 Å². The predicted octanol–water partition coefficient (Wildman–Crippen LogP) is 3.60. The van der Waals surface area contributed by atoms with Crippen LogP contribution < -0.4 is 4.74 Å². The molecule has 0 spiro atoms. The van der Waals surface area contributed by atoms with Gasteiger partial charge in [0.05, 0.1) is 24.8 Å². The van der Waals surface area contributed by atoms with E-state index in [-0.39, 0.29) is 17.4 Å². The van der Waals surface area contributed by atoms with Crippen molar-refractivity contribution in [3.8, 4) is 5.75 Å². The number of ketones is 1. The monoisotopic (exact) mass is 407 g/mol. The second-order valence-electron chi connectivity index (χ2n) is 7.73. The number of carbonyl (C=O) groups excluding carboxylic acids is 2. The van der Waals surface area contributed by atoms with Gasteiger partial charge >= 0.3 is 0 Å². The van der Waals surface area contributed by atoms with E-state index in [1.807, 2.05) is 31.2 Å². The number of hydrogen-bond donors (Lipinski definition) is 1. The van der Waals surface area contributed by atoms with Crippen LogP contribution in [0.2, 0.25) is 0 Å². The van der Waals surface area contributed by atoms with E-state index >= 15 is 0 Å². The average molecular weight is 407 g/mol. The number of hydrogen-bond acceptors (Lipinski definition) is 5. The molecular formula is C24H25NO5. The third-order valence-electron chi connectivity index (χ3n) is 5.72. The molecule has 0 aliphatic carbocycles. The van der Waals surface area contributed by atoms with Gasteiger partial charge in [-0.2, -0.15) is 0 Å². The van der Waals surface area contributed by atoms with Crippen LogP contribution in [0.5, 0.6) is 5.75 Å². The molecule has 2 fully saturated rings. The highest BCUT2D eigenvalue weighted by molar-refractivity contribution is 6.46. The van der Waals surface area contributed by atoms with E-state index in [0.717, 1.165) is 24.0 Å². The van der Waals surface area contributed by atoms with Crippen LogP contribution in [0.4, 0.5) is 0 Å². The number of aliphatic hydroxyl groups is 1. The highest BCUT2D eigenvalue weighted by Gasteiger charge is 2.47. The van der Waals surface area contributed by atoms with E-state index < -0.39 is 17.7 Å². The number of carbonyl (C=O) groups is 2. The van der Waals surface area contributed by atoms with Crippen molar-refractivity contribution in [2.45, 2.75) is 31.9 Å². The number of ether oxygens (including phenoxy) is 2. The zero-order valence-electron chi connectivity index (χ0n) is 17.1. The van der Waals surface area contributed by atoms with Crippen molar-refractivity contribution in [3.63, 3.8) is 0 Å². The Morgan fingerprint density at radius 1 is 1.13 bits per heavy atom. The van der Waals surface area contributed by atoms with Crippen molar-refractivity contribution < 1.29 is 24.2 Å². The first-order valence-corrected chi connectivity index (χ1v) is 10.1. The van der Waals surface area contributed by atoms with E-state index in [0.29, 0.717) is 24.5 Å². The molecule has 2 aromatic carbocycles. The molecule has 0 aromatic heterocycles. The lowest BCUT2D eigenvalue weighted by Crippen LogP contribution is -2.36. The summed E-state index contributed by atoms with van der Waals surface area (Å²) in [5.41, 5.74) is 2.42. The van der Waals surface area contributed by atoms with Crippen molar-refractivity contribution in [2.24, 2.45) is 0 Å². The molecule has 4 rings (SSSR count). The molecule has 6 nitrogen and oxygen atoms in total. The number of methoxy groups -OCH3 is 1. The van der Waals surface area contributed by atoms with Crippen molar-refractivity contribution in [3.05, 3.63) is 70.8 Å². The number of Topliss-reactive ketones (excluding diaryl/α,β-unsaturated/α-hetero) is 1. The summed E-state index contributed by atoms with van der Waals surface area (Å²) in [4.78, 5) is 27.5. The highest BCUT2D eigenvalue weighted by atomic mass is 16.5. The van der Waals surface area contributed by atoms with Crippen LogP contribution in [0.1, 0.15) is 35.6 Å². The van der Waals surface area contributed by atoms with Crippen LogP contribution >= 0.6 is 0 Å². The second kappa shape index (κ2) is 8.32. The fraction of sp³-hybridized carbons (Fsp3) is 0.333. The van der Waals surface area contributed by atoms with Crippen LogP contribution in [0, 0.1) is 6.92 Å². The molecule has 2 saturated heterocycles. The minimum atomic E-state index is -0.674. The Hall–Kier alpha value is -3.12. The zero-order chi connectivity index (χ0) is 21.3. The number of rotatable bonds is 5. The lowest BCUT2D eigenvalue weighted by molar-refractivity contribution is -0.140. The van der Waals surface area contributed by atoms with Gasteiger partial charge in [-0.3, -0.25) is 9.59 Å². The first-order valence-electron chi connectivity index (χ1n) is 10.1. The van der Waals surface area contributed by atoms with Gasteiger partial charge in [-0.25, -0.2) is 0 Å². The van der Waals surface area contributed by atoms with Crippen LogP contribution in [0.3, 0.4) is 0 Å². The van der Waals surface area contributed by atoms with Gasteiger partial charge in [0.1, 0.15) is 11.5 Å². The van der Waals surface area contributed by atoms with E-state index in [1.54, 1.807) is 31.4 Å². The molecule has 6 heteroatoms. The van der Waals surface area contributed by atoms with Crippen LogP contribution in [-0.4, -0.2) is 48.1 Å². The molecule has 0 radical (unpaired) electrons. The molecule has 0 unspecified atom stereocenters. The summed E-state index contributed by atoms with van der Waals surface area (Å²) < 4.78 is 10.9. The van der Waals surface area contributed by atoms with Gasteiger partial charge in [0.25, 0.3) is 11.7 Å². The molecule has 2 heterocycles. The Morgan fingerprint density at radius 3 is 2.43 bits per heavy atom. The standard InChI is InChI=1S/C24H25NO5/c1-15-5-7-16(8-6-15)21-20(22(26)17-9-11-18(29-2)12-10-17)23(27)24(28)25(21)14-19-4-3-13-30-19/h5-12,19,21,26H,3-4,13-14H2,1-2H3/t19-,21+/m1/s1. The summed E-state index contributed by atoms with van der Waals surface area (Å²) in [6.07, 6.45) is 1.69. The lowest BCUT2D eigenvalue weighted by atomic mass is 9.94. The van der Waals surface area contributed by atoms with Crippen LogP contribution in [0.25, 0.3) is 5.76 Å². The summed E-state index contributed by atoms with van der Waals surface area (Å²) >= 11 is 0. The van der Waals surface area contributed by atoms with Crippen molar-refractivity contribution in [2.75, 3.05) is 20.3 Å². The second-order valence-corrected chi connectivity index (χ2v) is 7.73. The minimum absolute atomic E-state index is 0.0998. The molecule has 2 atom stereocenters. The van der Waals surface area contributed by atoms with Gasteiger partial charge in [0.2, 0.25) is 0 Å². The third kappa shape index (κ3) is 3.71. The van der Waals surface area contributed by atoms with Crippen LogP contribution in [0.15, 0.2) is 54.1 Å². The van der Waals surface area contributed by atoms with Gasteiger partial charge < -0.3 is 19.5 Å². The van der Waals surface area contributed by atoms with Crippen molar-refractivity contribution in [1.29, 1.82) is 0 Å². The summed E-state index contributed by atoms with van der Waals surface area (Å²) in [5, 5.41) is 11.0. The lowest BCUT2D eigenvalue weighted by Gasteiger charge is -2.27. The molecule has 0 saturated carbocycles. The summed E-state index contributed by atoms with van der Waals surface area (Å²) in [5.74, 6) is -0.824. The molecule has 2 aliphatic heterocycles. The molecular weight excluding hydrogens is 382 g/mol. The largest absolute Gasteiger partial charge is 0.507 e. The number of amides is 1. The number of aliphatic hydroxyl groups excluding tert-OH is 1. The van der Waals surface area contributed by atoms with Crippen molar-refractivity contribution in [1.82, 2.24) is 4.90 Å². The molecule has 1 amide bonds. The maximum atomic E-state index is 13.0. The Morgan fingerprint density at radius 2 is 1.83 bits per heavy atom. The van der Waals surface area contributed by atoms with E-state index in [4.69, 9.17) is 9.47 Å². The molecule has 2 aromatic rings. The Bertz CT molecular complexity index is 972. The highest BCUT2D eigenvalue weighted by Crippen LogP contribution is 2.40. The fourth-order valence-electron chi connectivity index (χ4n) is 4.08. The Balaban J connectivity index is 1.80. The van der Waals surface area contributed by atoms with Gasteiger partial charge in [-0.15, -0.1) is 0 Å². The molecule has 30 heavy (non-hydrogen) atoms. The van der Waals surface area contributed by atoms with Gasteiger partial charge in [0.15, 0.2) is 0 Å². The van der Waals surface area contributed by atoms with Gasteiger partial charge in [0, 0.05) is 18.7 Å². The minimum Gasteiger partial charge on any atom is -0.507 e. The Labute approximate surface area is 175 Å². The smallest absolute Gasteiger partial charge is 0.295 e.